The van der Waals surface area contributed by atoms with Crippen LogP contribution in [0.3, 0.4) is 0 Å². The zero-order valence-electron chi connectivity index (χ0n) is 16.4. The average molecular weight is 345 g/mol. The molecule has 0 bridgehead atoms. The Kier molecular flexibility index (Phi) is 11.7. The minimum atomic E-state index is 0.0208. The van der Waals surface area contributed by atoms with Gasteiger partial charge in [-0.25, -0.2) is 5.43 Å². The van der Waals surface area contributed by atoms with Gasteiger partial charge in [-0.1, -0.05) is 89.5 Å². The van der Waals surface area contributed by atoms with Crippen LogP contribution in [-0.4, -0.2) is 11.6 Å². The summed E-state index contributed by atoms with van der Waals surface area (Å²) in [5, 5.41) is 4.22. The van der Waals surface area contributed by atoms with Crippen molar-refractivity contribution in [3.05, 3.63) is 35.4 Å². The molecule has 0 aliphatic rings. The van der Waals surface area contributed by atoms with Crippen molar-refractivity contribution < 1.29 is 4.79 Å². The standard InChI is InChI=1S/C22H36N2O/c1-4-6-7-8-9-10-11-12-13-14-22(25)24-23-19(3)21-17-15-20(5-2)16-18-21/h15-18H,4-14H2,1-3H3,(H,24,25). The SMILES string of the molecule is CCCCCCCCCCCC(=O)NN=C(C)c1ccc(CC)cc1. The van der Waals surface area contributed by atoms with Gasteiger partial charge in [0.05, 0.1) is 5.71 Å². The summed E-state index contributed by atoms with van der Waals surface area (Å²) in [5.41, 5.74) is 5.90. The molecule has 140 valence electrons. The Hall–Kier alpha value is -1.64. The first-order chi connectivity index (χ1) is 12.2. The third-order valence-electron chi connectivity index (χ3n) is 4.64. The molecule has 0 unspecified atom stereocenters. The highest BCUT2D eigenvalue weighted by molar-refractivity contribution is 5.99. The molecule has 1 rings (SSSR count). The topological polar surface area (TPSA) is 41.5 Å². The second kappa shape index (κ2) is 13.6. The van der Waals surface area contributed by atoms with Gasteiger partial charge in [0.25, 0.3) is 0 Å². The number of amides is 1. The number of hydrogen-bond donors (Lipinski definition) is 1. The van der Waals surface area contributed by atoms with Crippen molar-refractivity contribution >= 4 is 11.6 Å². The van der Waals surface area contributed by atoms with Crippen LogP contribution in [0.5, 0.6) is 0 Å². The number of unbranched alkanes of at least 4 members (excludes halogenated alkanes) is 8. The minimum Gasteiger partial charge on any atom is -0.273 e. The molecule has 0 aliphatic carbocycles. The first kappa shape index (κ1) is 21.4. The van der Waals surface area contributed by atoms with Gasteiger partial charge >= 0.3 is 0 Å². The maximum atomic E-state index is 11.9. The molecule has 25 heavy (non-hydrogen) atoms. The van der Waals surface area contributed by atoms with Crippen LogP contribution in [-0.2, 0) is 11.2 Å². The third kappa shape index (κ3) is 10.1. The van der Waals surface area contributed by atoms with Crippen LogP contribution in [0.1, 0.15) is 96.1 Å². The maximum Gasteiger partial charge on any atom is 0.240 e. The summed E-state index contributed by atoms with van der Waals surface area (Å²) in [7, 11) is 0. The first-order valence-corrected chi connectivity index (χ1v) is 10.1. The van der Waals surface area contributed by atoms with E-state index in [1.807, 2.05) is 6.92 Å². The molecule has 1 N–H and O–H groups in total. The molecule has 0 saturated carbocycles. The predicted octanol–water partition coefficient (Wildman–Crippen LogP) is 6.01. The monoisotopic (exact) mass is 344 g/mol. The van der Waals surface area contributed by atoms with Crippen LogP contribution in [0.4, 0.5) is 0 Å². The molecule has 0 fully saturated rings. The van der Waals surface area contributed by atoms with E-state index in [0.717, 1.165) is 30.5 Å². The fraction of sp³-hybridized carbons (Fsp3) is 0.636. The quantitative estimate of drug-likeness (QED) is 0.266. The molecule has 0 aliphatic heterocycles. The van der Waals surface area contributed by atoms with E-state index >= 15 is 0 Å². The number of nitrogens with one attached hydrogen (secondary N) is 1. The van der Waals surface area contributed by atoms with Crippen LogP contribution in [0, 0.1) is 0 Å². The van der Waals surface area contributed by atoms with Gasteiger partial charge < -0.3 is 0 Å². The van der Waals surface area contributed by atoms with Gasteiger partial charge in [-0.3, -0.25) is 4.79 Å². The lowest BCUT2D eigenvalue weighted by atomic mass is 10.1. The van der Waals surface area contributed by atoms with Gasteiger partial charge in [0.2, 0.25) is 5.91 Å². The second-order valence-corrected chi connectivity index (χ2v) is 6.86. The second-order valence-electron chi connectivity index (χ2n) is 6.86. The normalized spacial score (nSPS) is 11.6. The molecule has 1 amide bonds. The van der Waals surface area contributed by atoms with E-state index in [2.05, 4.69) is 48.6 Å². The van der Waals surface area contributed by atoms with Gasteiger partial charge in [0.15, 0.2) is 0 Å². The van der Waals surface area contributed by atoms with Crippen molar-refractivity contribution in [2.24, 2.45) is 5.10 Å². The molecule has 0 aromatic heterocycles. The smallest absolute Gasteiger partial charge is 0.240 e. The molecule has 1 aromatic rings. The molecule has 3 nitrogen and oxygen atoms in total. The Morgan fingerprint density at radius 3 is 2.00 bits per heavy atom. The van der Waals surface area contributed by atoms with Crippen LogP contribution in [0.2, 0.25) is 0 Å². The van der Waals surface area contributed by atoms with Crippen molar-refractivity contribution in [2.75, 3.05) is 0 Å². The zero-order valence-corrected chi connectivity index (χ0v) is 16.4. The highest BCUT2D eigenvalue weighted by Gasteiger charge is 2.02. The number of benzene rings is 1. The molecule has 0 saturated heterocycles. The molecule has 0 radical (unpaired) electrons. The summed E-state index contributed by atoms with van der Waals surface area (Å²) in [4.78, 5) is 11.9. The third-order valence-corrected chi connectivity index (χ3v) is 4.64. The Balaban J connectivity index is 2.13. The summed E-state index contributed by atoms with van der Waals surface area (Å²) < 4.78 is 0. The van der Waals surface area contributed by atoms with Crippen molar-refractivity contribution in [2.45, 2.75) is 91.4 Å². The number of carbonyl (C=O) groups is 1. The van der Waals surface area contributed by atoms with Gasteiger partial charge in [-0.15, -0.1) is 0 Å². The number of nitrogens with zero attached hydrogens (tertiary/aromatic N) is 1. The molecular weight excluding hydrogens is 308 g/mol. The van der Waals surface area contributed by atoms with Crippen molar-refractivity contribution in [3.8, 4) is 0 Å². The van der Waals surface area contributed by atoms with E-state index in [9.17, 15) is 4.79 Å². The van der Waals surface area contributed by atoms with Gasteiger partial charge in [-0.05, 0) is 30.9 Å². The largest absolute Gasteiger partial charge is 0.273 e. The van der Waals surface area contributed by atoms with Crippen LogP contribution in [0.15, 0.2) is 29.4 Å². The lowest BCUT2D eigenvalue weighted by Crippen LogP contribution is -2.18. The fourth-order valence-corrected chi connectivity index (χ4v) is 2.84. The Bertz CT molecular complexity index is 505. The van der Waals surface area contributed by atoms with Crippen LogP contribution < -0.4 is 5.43 Å². The summed E-state index contributed by atoms with van der Waals surface area (Å²) in [6.45, 7) is 6.32. The summed E-state index contributed by atoms with van der Waals surface area (Å²) in [6, 6.07) is 8.34. The highest BCUT2D eigenvalue weighted by atomic mass is 16.2. The molecule has 0 spiro atoms. The van der Waals surface area contributed by atoms with E-state index in [1.165, 1.54) is 50.5 Å². The number of rotatable bonds is 13. The van der Waals surface area contributed by atoms with E-state index in [0.29, 0.717) is 6.42 Å². The number of aryl methyl sites for hydroxylation is 1. The van der Waals surface area contributed by atoms with Gasteiger partial charge in [-0.2, -0.15) is 5.10 Å². The van der Waals surface area contributed by atoms with E-state index in [4.69, 9.17) is 0 Å². The van der Waals surface area contributed by atoms with Gasteiger partial charge in [0.1, 0.15) is 0 Å². The highest BCUT2D eigenvalue weighted by Crippen LogP contribution is 2.10. The molecule has 1 aromatic carbocycles. The number of carbonyl (C=O) groups excluding carboxylic acids is 1. The molecule has 3 heteroatoms. The molecule has 0 heterocycles. The summed E-state index contributed by atoms with van der Waals surface area (Å²) in [5.74, 6) is 0.0208. The summed E-state index contributed by atoms with van der Waals surface area (Å²) >= 11 is 0. The lowest BCUT2D eigenvalue weighted by Gasteiger charge is -2.04. The number of hydrazone groups is 1. The Labute approximate surface area is 154 Å². The van der Waals surface area contributed by atoms with Crippen molar-refractivity contribution in [3.63, 3.8) is 0 Å². The first-order valence-electron chi connectivity index (χ1n) is 10.1. The van der Waals surface area contributed by atoms with Crippen LogP contribution in [0.25, 0.3) is 0 Å². The Morgan fingerprint density at radius 2 is 1.44 bits per heavy atom. The lowest BCUT2D eigenvalue weighted by molar-refractivity contribution is -0.121. The van der Waals surface area contributed by atoms with E-state index in [-0.39, 0.29) is 5.91 Å². The van der Waals surface area contributed by atoms with E-state index < -0.39 is 0 Å². The number of hydrogen-bond acceptors (Lipinski definition) is 2. The predicted molar refractivity (Wildman–Crippen MR) is 108 cm³/mol. The molecular formula is C22H36N2O. The average Bonchev–Trinajstić information content (AvgIpc) is 2.64. The maximum absolute atomic E-state index is 11.9. The zero-order chi connectivity index (χ0) is 18.3. The summed E-state index contributed by atoms with van der Waals surface area (Å²) in [6.07, 6.45) is 13.0. The molecule has 0 atom stereocenters. The van der Waals surface area contributed by atoms with Crippen molar-refractivity contribution in [1.82, 2.24) is 5.43 Å². The minimum absolute atomic E-state index is 0.0208. The fourth-order valence-electron chi connectivity index (χ4n) is 2.84. The Morgan fingerprint density at radius 1 is 0.880 bits per heavy atom. The van der Waals surface area contributed by atoms with Gasteiger partial charge in [0, 0.05) is 6.42 Å². The van der Waals surface area contributed by atoms with Crippen molar-refractivity contribution in [1.29, 1.82) is 0 Å². The van der Waals surface area contributed by atoms with Crippen LogP contribution >= 0.6 is 0 Å². The van der Waals surface area contributed by atoms with E-state index in [1.54, 1.807) is 0 Å².